The maximum Gasteiger partial charge on any atom is 0.393 e. The second-order valence-electron chi connectivity index (χ2n) is 7.18. The fraction of sp³-hybridized carbons (Fsp3) is 0.400. The number of amides is 1. The molecule has 1 unspecified atom stereocenters. The van der Waals surface area contributed by atoms with Gasteiger partial charge < -0.3 is 10.4 Å². The number of alkyl halides is 3. The van der Waals surface area contributed by atoms with Gasteiger partial charge in [0.2, 0.25) is 5.91 Å². The van der Waals surface area contributed by atoms with Gasteiger partial charge in [0, 0.05) is 13.1 Å². The first kappa shape index (κ1) is 20.1. The molecular weight excluding hydrogens is 373 g/mol. The molecule has 1 saturated heterocycles. The number of hydrogen-bond acceptors (Lipinski definition) is 3. The third kappa shape index (κ3) is 4.44. The summed E-state index contributed by atoms with van der Waals surface area (Å²) in [5.41, 5.74) is 0.880. The van der Waals surface area contributed by atoms with Crippen LogP contribution in [0.4, 0.5) is 13.2 Å². The summed E-state index contributed by atoms with van der Waals surface area (Å²) < 4.78 is 39.2. The molecule has 0 saturated carbocycles. The average Bonchev–Trinajstić information content (AvgIpc) is 3.05. The first-order chi connectivity index (χ1) is 13.1. The van der Waals surface area contributed by atoms with E-state index in [0.717, 1.165) is 16.3 Å². The zero-order valence-electron chi connectivity index (χ0n) is 15.2. The minimum atomic E-state index is -4.60. The molecule has 0 bridgehead atoms. The number of halogens is 3. The van der Waals surface area contributed by atoms with Gasteiger partial charge in [0.05, 0.1) is 24.4 Å². The standard InChI is InChI=1S/C20H21F3N2O3/c1-12(14-7-6-13-4-2-3-5-15(13)8-14)24-18(26)11-25-9-16(19(27)28)17(10-25)20(21,22)23/h2-8,12,16-17H,9-11H2,1H3,(H,24,26)(H,27,28)/t12?,16-,17-/m1/s1. The van der Waals surface area contributed by atoms with E-state index in [1.165, 1.54) is 4.90 Å². The highest BCUT2D eigenvalue weighted by atomic mass is 19.4. The fourth-order valence-electron chi connectivity index (χ4n) is 3.65. The lowest BCUT2D eigenvalue weighted by atomic mass is 9.96. The third-order valence-electron chi connectivity index (χ3n) is 5.15. The molecule has 0 aliphatic carbocycles. The summed E-state index contributed by atoms with van der Waals surface area (Å²) in [4.78, 5) is 24.7. The molecule has 0 aromatic heterocycles. The number of nitrogens with zero attached hydrogens (tertiary/aromatic N) is 1. The van der Waals surface area contributed by atoms with Crippen LogP contribution in [0.1, 0.15) is 18.5 Å². The van der Waals surface area contributed by atoms with E-state index in [4.69, 9.17) is 5.11 Å². The van der Waals surface area contributed by atoms with E-state index in [1.807, 2.05) is 42.5 Å². The van der Waals surface area contributed by atoms with Crippen molar-refractivity contribution in [3.63, 3.8) is 0 Å². The highest BCUT2D eigenvalue weighted by molar-refractivity contribution is 5.83. The first-order valence-corrected chi connectivity index (χ1v) is 8.95. The largest absolute Gasteiger partial charge is 0.481 e. The Balaban J connectivity index is 1.62. The van der Waals surface area contributed by atoms with Gasteiger partial charge in [-0.1, -0.05) is 36.4 Å². The highest BCUT2D eigenvalue weighted by Crippen LogP contribution is 2.37. The quantitative estimate of drug-likeness (QED) is 0.817. The lowest BCUT2D eigenvalue weighted by molar-refractivity contribution is -0.188. The van der Waals surface area contributed by atoms with Gasteiger partial charge in [-0.05, 0) is 29.3 Å². The van der Waals surface area contributed by atoms with E-state index in [9.17, 15) is 22.8 Å². The van der Waals surface area contributed by atoms with E-state index < -0.39 is 36.4 Å². The highest BCUT2D eigenvalue weighted by Gasteiger charge is 2.52. The topological polar surface area (TPSA) is 69.6 Å². The van der Waals surface area contributed by atoms with Gasteiger partial charge in [0.1, 0.15) is 0 Å². The van der Waals surface area contributed by atoms with Crippen molar-refractivity contribution >= 4 is 22.6 Å². The monoisotopic (exact) mass is 394 g/mol. The van der Waals surface area contributed by atoms with Gasteiger partial charge in [-0.2, -0.15) is 13.2 Å². The Labute approximate surface area is 160 Å². The Morgan fingerprint density at radius 1 is 1.18 bits per heavy atom. The molecule has 2 aromatic rings. The average molecular weight is 394 g/mol. The molecule has 2 aromatic carbocycles. The molecule has 5 nitrogen and oxygen atoms in total. The van der Waals surface area contributed by atoms with Crippen LogP contribution in [0, 0.1) is 11.8 Å². The van der Waals surface area contributed by atoms with Crippen molar-refractivity contribution in [2.75, 3.05) is 19.6 Å². The summed E-state index contributed by atoms with van der Waals surface area (Å²) in [6.07, 6.45) is -4.60. The molecule has 1 aliphatic rings. The van der Waals surface area contributed by atoms with Crippen LogP contribution in [-0.4, -0.2) is 47.7 Å². The summed E-state index contributed by atoms with van der Waals surface area (Å²) in [6, 6.07) is 13.2. The first-order valence-electron chi connectivity index (χ1n) is 8.95. The van der Waals surface area contributed by atoms with Crippen molar-refractivity contribution in [3.8, 4) is 0 Å². The van der Waals surface area contributed by atoms with Crippen molar-refractivity contribution in [1.82, 2.24) is 10.2 Å². The summed E-state index contributed by atoms with van der Waals surface area (Å²) >= 11 is 0. The summed E-state index contributed by atoms with van der Waals surface area (Å²) in [5.74, 6) is -5.44. The Morgan fingerprint density at radius 3 is 2.46 bits per heavy atom. The molecular formula is C20H21F3N2O3. The number of nitrogens with one attached hydrogen (secondary N) is 1. The van der Waals surface area contributed by atoms with Gasteiger partial charge in [-0.15, -0.1) is 0 Å². The van der Waals surface area contributed by atoms with Crippen molar-refractivity contribution in [2.24, 2.45) is 11.8 Å². The predicted molar refractivity (Wildman–Crippen MR) is 97.6 cm³/mol. The number of aliphatic carboxylic acids is 1. The predicted octanol–water partition coefficient (Wildman–Crippen LogP) is 3.21. The Kier molecular flexibility index (Phi) is 5.60. The van der Waals surface area contributed by atoms with E-state index in [-0.39, 0.29) is 19.1 Å². The Morgan fingerprint density at radius 2 is 1.86 bits per heavy atom. The summed E-state index contributed by atoms with van der Waals surface area (Å²) in [7, 11) is 0. The molecule has 3 rings (SSSR count). The molecule has 1 fully saturated rings. The van der Waals surface area contributed by atoms with Gasteiger partial charge in [-0.25, -0.2) is 0 Å². The number of carboxylic acids is 1. The Hall–Kier alpha value is -2.61. The molecule has 1 aliphatic heterocycles. The Bertz CT molecular complexity index is 884. The summed E-state index contributed by atoms with van der Waals surface area (Å²) in [6.45, 7) is 0.744. The SMILES string of the molecule is CC(NC(=O)CN1C[C@@H](C(F)(F)F)[C@H](C(=O)O)C1)c1ccc2ccccc2c1. The number of fused-ring (bicyclic) bond motifs is 1. The zero-order valence-corrected chi connectivity index (χ0v) is 15.2. The van der Waals surface area contributed by atoms with Crippen LogP contribution in [0.3, 0.4) is 0 Å². The number of carbonyl (C=O) groups excluding carboxylic acids is 1. The smallest absolute Gasteiger partial charge is 0.393 e. The lowest BCUT2D eigenvalue weighted by Crippen LogP contribution is -2.38. The van der Waals surface area contributed by atoms with Gasteiger partial charge in [-0.3, -0.25) is 14.5 Å². The number of rotatable bonds is 5. The van der Waals surface area contributed by atoms with Crippen LogP contribution in [-0.2, 0) is 9.59 Å². The maximum absolute atomic E-state index is 13.1. The summed E-state index contributed by atoms with van der Waals surface area (Å²) in [5, 5.41) is 13.9. The lowest BCUT2D eigenvalue weighted by Gasteiger charge is -2.20. The van der Waals surface area contributed by atoms with Gasteiger partial charge in [0.15, 0.2) is 0 Å². The van der Waals surface area contributed by atoms with Crippen molar-refractivity contribution in [3.05, 3.63) is 48.0 Å². The van der Waals surface area contributed by atoms with Crippen LogP contribution in [0.2, 0.25) is 0 Å². The number of carboxylic acid groups (broad SMARTS) is 1. The molecule has 1 amide bonds. The second kappa shape index (κ2) is 7.79. The van der Waals surface area contributed by atoms with E-state index >= 15 is 0 Å². The maximum atomic E-state index is 13.1. The van der Waals surface area contributed by atoms with Crippen LogP contribution in [0.15, 0.2) is 42.5 Å². The van der Waals surface area contributed by atoms with Crippen LogP contribution in [0.25, 0.3) is 10.8 Å². The van der Waals surface area contributed by atoms with Gasteiger partial charge >= 0.3 is 12.1 Å². The van der Waals surface area contributed by atoms with Crippen molar-refractivity contribution in [2.45, 2.75) is 19.1 Å². The molecule has 3 atom stereocenters. The van der Waals surface area contributed by atoms with Crippen molar-refractivity contribution in [1.29, 1.82) is 0 Å². The number of likely N-dealkylation sites (tertiary alicyclic amines) is 1. The number of benzene rings is 2. The molecule has 1 heterocycles. The second-order valence-corrected chi connectivity index (χ2v) is 7.18. The molecule has 0 radical (unpaired) electrons. The van der Waals surface area contributed by atoms with Gasteiger partial charge in [0.25, 0.3) is 0 Å². The van der Waals surface area contributed by atoms with E-state index in [1.54, 1.807) is 6.92 Å². The van der Waals surface area contributed by atoms with Crippen molar-refractivity contribution < 1.29 is 27.9 Å². The zero-order chi connectivity index (χ0) is 20.5. The normalized spacial score (nSPS) is 21.6. The third-order valence-corrected chi connectivity index (χ3v) is 5.15. The van der Waals surface area contributed by atoms with Crippen LogP contribution >= 0.6 is 0 Å². The minimum Gasteiger partial charge on any atom is -0.481 e. The van der Waals surface area contributed by atoms with Crippen LogP contribution < -0.4 is 5.32 Å². The van der Waals surface area contributed by atoms with E-state index in [2.05, 4.69) is 5.32 Å². The minimum absolute atomic E-state index is 0.270. The molecule has 28 heavy (non-hydrogen) atoms. The van der Waals surface area contributed by atoms with Crippen LogP contribution in [0.5, 0.6) is 0 Å². The molecule has 150 valence electrons. The molecule has 0 spiro atoms. The number of hydrogen-bond donors (Lipinski definition) is 2. The molecule has 2 N–H and O–H groups in total. The number of carbonyl (C=O) groups is 2. The molecule has 8 heteroatoms. The van der Waals surface area contributed by atoms with E-state index in [0.29, 0.717) is 0 Å². The fourth-order valence-corrected chi connectivity index (χ4v) is 3.65.